The van der Waals surface area contributed by atoms with Crippen LogP contribution < -0.4 is 0 Å². The molecule has 3 aromatic rings. The Morgan fingerprint density at radius 3 is 2.43 bits per heavy atom. The summed E-state index contributed by atoms with van der Waals surface area (Å²) in [7, 11) is 0. The van der Waals surface area contributed by atoms with E-state index < -0.39 is 0 Å². The molecule has 3 nitrogen and oxygen atoms in total. The highest BCUT2D eigenvalue weighted by Gasteiger charge is 2.07. The van der Waals surface area contributed by atoms with E-state index in [2.05, 4.69) is 4.98 Å². The van der Waals surface area contributed by atoms with Gasteiger partial charge in [0.05, 0.1) is 11.8 Å². The van der Waals surface area contributed by atoms with Crippen molar-refractivity contribution < 1.29 is 14.6 Å². The van der Waals surface area contributed by atoms with Crippen LogP contribution in [0.2, 0.25) is 0 Å². The van der Waals surface area contributed by atoms with Gasteiger partial charge in [-0.25, -0.2) is 4.39 Å². The summed E-state index contributed by atoms with van der Waals surface area (Å²) in [6.45, 7) is 1.78. The SMILES string of the molecule is CC(O)CCC/C=C/c1ccc(-c2ccc(-c3ccc(O)cc3)nc2)c(F)c1. The van der Waals surface area contributed by atoms with Gasteiger partial charge in [-0.15, -0.1) is 0 Å². The van der Waals surface area contributed by atoms with E-state index in [9.17, 15) is 14.6 Å². The molecule has 144 valence electrons. The van der Waals surface area contributed by atoms with Gasteiger partial charge in [-0.3, -0.25) is 4.98 Å². The second-order valence-corrected chi connectivity index (χ2v) is 6.90. The molecule has 3 rings (SSSR count). The first-order chi connectivity index (χ1) is 13.5. The standard InChI is InChI=1S/C24H24FNO2/c1-17(27)5-3-2-4-6-18-7-13-22(23(25)15-18)20-10-14-24(26-16-20)19-8-11-21(28)12-9-19/h4,6-17,27-28H,2-3,5H2,1H3/b6-4+. The first-order valence-electron chi connectivity index (χ1n) is 9.43. The lowest BCUT2D eigenvalue weighted by atomic mass is 10.0. The molecule has 0 spiro atoms. The molecule has 0 aliphatic carbocycles. The number of aliphatic hydroxyl groups excluding tert-OH is 1. The van der Waals surface area contributed by atoms with Gasteiger partial charge in [-0.1, -0.05) is 30.4 Å². The normalized spacial score (nSPS) is 12.4. The third-order valence-electron chi connectivity index (χ3n) is 4.53. The van der Waals surface area contributed by atoms with Gasteiger partial charge in [-0.05, 0) is 68.1 Å². The molecular weight excluding hydrogens is 353 g/mol. The molecule has 0 fully saturated rings. The van der Waals surface area contributed by atoms with Crippen molar-refractivity contribution in [2.45, 2.75) is 32.3 Å². The van der Waals surface area contributed by atoms with Crippen molar-refractivity contribution in [2.24, 2.45) is 0 Å². The molecule has 0 saturated heterocycles. The molecule has 1 atom stereocenters. The number of hydrogen-bond donors (Lipinski definition) is 2. The number of benzene rings is 2. The van der Waals surface area contributed by atoms with Crippen molar-refractivity contribution in [3.05, 3.63) is 78.3 Å². The molecular formula is C24H24FNO2. The predicted molar refractivity (Wildman–Crippen MR) is 111 cm³/mol. The van der Waals surface area contributed by atoms with Gasteiger partial charge in [0.25, 0.3) is 0 Å². The first kappa shape index (κ1) is 19.8. The Bertz CT molecular complexity index is 932. The quantitative estimate of drug-likeness (QED) is 0.510. The number of allylic oxidation sites excluding steroid dienone is 1. The van der Waals surface area contributed by atoms with Crippen LogP contribution in [0.1, 0.15) is 31.7 Å². The Morgan fingerprint density at radius 1 is 1.04 bits per heavy atom. The van der Waals surface area contributed by atoms with Gasteiger partial charge >= 0.3 is 0 Å². The number of aromatic nitrogens is 1. The summed E-state index contributed by atoms with van der Waals surface area (Å²) in [5.74, 6) is -0.0788. The Labute approximate surface area is 164 Å². The summed E-state index contributed by atoms with van der Waals surface area (Å²) >= 11 is 0. The molecule has 4 heteroatoms. The van der Waals surface area contributed by atoms with Crippen LogP contribution in [0, 0.1) is 5.82 Å². The van der Waals surface area contributed by atoms with Crippen molar-refractivity contribution in [3.63, 3.8) is 0 Å². The zero-order valence-electron chi connectivity index (χ0n) is 15.8. The lowest BCUT2D eigenvalue weighted by Gasteiger charge is -2.06. The minimum atomic E-state index is -0.287. The number of aromatic hydroxyl groups is 1. The Balaban J connectivity index is 1.70. The molecule has 0 bridgehead atoms. The predicted octanol–water partition coefficient (Wildman–Crippen LogP) is 5.82. The lowest BCUT2D eigenvalue weighted by molar-refractivity contribution is 0.182. The van der Waals surface area contributed by atoms with Crippen molar-refractivity contribution in [1.29, 1.82) is 0 Å². The molecule has 2 N–H and O–H groups in total. The highest BCUT2D eigenvalue weighted by molar-refractivity contribution is 5.69. The van der Waals surface area contributed by atoms with Crippen LogP contribution >= 0.6 is 0 Å². The fourth-order valence-corrected chi connectivity index (χ4v) is 2.98. The average Bonchev–Trinajstić information content (AvgIpc) is 2.68. The maximum Gasteiger partial charge on any atom is 0.131 e. The van der Waals surface area contributed by atoms with E-state index in [4.69, 9.17) is 0 Å². The molecule has 1 heterocycles. The Hall–Kier alpha value is -2.98. The van der Waals surface area contributed by atoms with Crippen LogP contribution in [0.5, 0.6) is 5.75 Å². The molecule has 0 saturated carbocycles. The van der Waals surface area contributed by atoms with Gasteiger partial charge in [0.2, 0.25) is 0 Å². The zero-order valence-corrected chi connectivity index (χ0v) is 15.8. The van der Waals surface area contributed by atoms with E-state index in [0.29, 0.717) is 11.1 Å². The maximum atomic E-state index is 14.6. The lowest BCUT2D eigenvalue weighted by Crippen LogP contribution is -1.97. The van der Waals surface area contributed by atoms with Crippen LogP contribution in [0.15, 0.2) is 66.9 Å². The topological polar surface area (TPSA) is 53.4 Å². The third-order valence-corrected chi connectivity index (χ3v) is 4.53. The number of rotatable bonds is 7. The number of unbranched alkanes of at least 4 members (excludes halogenated alkanes) is 1. The summed E-state index contributed by atoms with van der Waals surface area (Å²) < 4.78 is 14.6. The van der Waals surface area contributed by atoms with Crippen LogP contribution in [-0.2, 0) is 0 Å². The van der Waals surface area contributed by atoms with Gasteiger partial charge in [-0.2, -0.15) is 0 Å². The average molecular weight is 377 g/mol. The van der Waals surface area contributed by atoms with Crippen molar-refractivity contribution in [3.8, 4) is 28.1 Å². The smallest absolute Gasteiger partial charge is 0.131 e. The van der Waals surface area contributed by atoms with E-state index in [-0.39, 0.29) is 17.7 Å². The van der Waals surface area contributed by atoms with E-state index in [1.165, 1.54) is 6.07 Å². The molecule has 1 aromatic heterocycles. The van der Waals surface area contributed by atoms with E-state index in [1.54, 1.807) is 43.5 Å². The molecule has 0 amide bonds. The number of pyridine rings is 1. The van der Waals surface area contributed by atoms with Crippen molar-refractivity contribution in [2.75, 3.05) is 0 Å². The second kappa shape index (κ2) is 9.29. The summed E-state index contributed by atoms with van der Waals surface area (Å²) in [4.78, 5) is 4.42. The molecule has 0 aliphatic heterocycles. The van der Waals surface area contributed by atoms with Crippen LogP contribution in [-0.4, -0.2) is 21.3 Å². The molecule has 2 aromatic carbocycles. The van der Waals surface area contributed by atoms with Gasteiger partial charge in [0.15, 0.2) is 0 Å². The number of phenols is 1. The summed E-state index contributed by atoms with van der Waals surface area (Å²) in [5.41, 5.74) is 3.69. The number of nitrogens with zero attached hydrogens (tertiary/aromatic N) is 1. The molecule has 1 unspecified atom stereocenters. The van der Waals surface area contributed by atoms with E-state index in [1.807, 2.05) is 30.4 Å². The van der Waals surface area contributed by atoms with Crippen molar-refractivity contribution >= 4 is 6.08 Å². The fourth-order valence-electron chi connectivity index (χ4n) is 2.98. The monoisotopic (exact) mass is 377 g/mol. The van der Waals surface area contributed by atoms with Gasteiger partial charge in [0.1, 0.15) is 11.6 Å². The number of halogens is 1. The largest absolute Gasteiger partial charge is 0.508 e. The molecule has 0 aliphatic rings. The number of aliphatic hydroxyl groups is 1. The highest BCUT2D eigenvalue weighted by atomic mass is 19.1. The van der Waals surface area contributed by atoms with Gasteiger partial charge in [0, 0.05) is 22.9 Å². The van der Waals surface area contributed by atoms with Crippen LogP contribution in [0.4, 0.5) is 4.39 Å². The van der Waals surface area contributed by atoms with Crippen LogP contribution in [0.25, 0.3) is 28.5 Å². The van der Waals surface area contributed by atoms with Crippen LogP contribution in [0.3, 0.4) is 0 Å². The third kappa shape index (κ3) is 5.27. The Morgan fingerprint density at radius 2 is 1.79 bits per heavy atom. The molecule has 0 radical (unpaired) electrons. The minimum absolute atomic E-state index is 0.208. The fraction of sp³-hybridized carbons (Fsp3) is 0.208. The highest BCUT2D eigenvalue weighted by Crippen LogP contribution is 2.26. The van der Waals surface area contributed by atoms with Crippen molar-refractivity contribution in [1.82, 2.24) is 4.98 Å². The first-order valence-corrected chi connectivity index (χ1v) is 9.43. The summed E-state index contributed by atoms with van der Waals surface area (Å²) in [5, 5.41) is 18.6. The number of hydrogen-bond acceptors (Lipinski definition) is 3. The van der Waals surface area contributed by atoms with E-state index in [0.717, 1.165) is 36.1 Å². The zero-order chi connectivity index (χ0) is 19.9. The maximum absolute atomic E-state index is 14.6. The second-order valence-electron chi connectivity index (χ2n) is 6.90. The summed E-state index contributed by atoms with van der Waals surface area (Å²) in [6.07, 6.45) is 7.83. The number of phenolic OH excluding ortho intramolecular Hbond substituents is 1. The Kier molecular flexibility index (Phi) is 6.56. The molecule has 28 heavy (non-hydrogen) atoms. The minimum Gasteiger partial charge on any atom is -0.508 e. The van der Waals surface area contributed by atoms with E-state index >= 15 is 0 Å². The summed E-state index contributed by atoms with van der Waals surface area (Å²) in [6, 6.07) is 15.7. The van der Waals surface area contributed by atoms with Gasteiger partial charge < -0.3 is 10.2 Å².